The number of phenolic OH excluding ortho intramolecular Hbond substituents is 1. The van der Waals surface area contributed by atoms with Crippen molar-refractivity contribution in [2.24, 2.45) is 0 Å². The van der Waals surface area contributed by atoms with Gasteiger partial charge in [-0.2, -0.15) is 0 Å². The maximum Gasteiger partial charge on any atom is 0.348 e. The second-order valence-corrected chi connectivity index (χ2v) is 5.64. The van der Waals surface area contributed by atoms with Crippen molar-refractivity contribution in [1.82, 2.24) is 0 Å². The van der Waals surface area contributed by atoms with E-state index in [9.17, 15) is 14.7 Å². The second-order valence-electron chi connectivity index (χ2n) is 4.78. The Morgan fingerprint density at radius 3 is 2.33 bits per heavy atom. The lowest BCUT2D eigenvalue weighted by Crippen LogP contribution is -2.41. The zero-order valence-electron chi connectivity index (χ0n) is 11.6. The molecule has 1 aliphatic rings. The minimum absolute atomic E-state index is 0.124. The molecule has 1 saturated heterocycles. The SMILES string of the molecule is COc1cc(C=C2C(=O)OC(C)(C)OC2=O)c(O)cc1Br. The number of phenols is 1. The van der Waals surface area contributed by atoms with Gasteiger partial charge in [0, 0.05) is 19.4 Å². The molecule has 1 aromatic rings. The lowest BCUT2D eigenvalue weighted by atomic mass is 10.1. The lowest BCUT2D eigenvalue weighted by molar-refractivity contribution is -0.222. The molecule has 112 valence electrons. The molecule has 0 atom stereocenters. The molecule has 7 heteroatoms. The molecule has 0 spiro atoms. The van der Waals surface area contributed by atoms with Crippen LogP contribution in [-0.4, -0.2) is 29.9 Å². The summed E-state index contributed by atoms with van der Waals surface area (Å²) in [6.45, 7) is 2.92. The highest BCUT2D eigenvalue weighted by atomic mass is 79.9. The second kappa shape index (κ2) is 5.40. The predicted molar refractivity (Wildman–Crippen MR) is 76.6 cm³/mol. The Kier molecular flexibility index (Phi) is 3.95. The van der Waals surface area contributed by atoms with Gasteiger partial charge in [0.1, 0.15) is 17.1 Å². The van der Waals surface area contributed by atoms with E-state index in [1.54, 1.807) is 0 Å². The summed E-state index contributed by atoms with van der Waals surface area (Å²) in [5.74, 6) is -2.60. The molecule has 0 bridgehead atoms. The van der Waals surface area contributed by atoms with Crippen molar-refractivity contribution in [2.75, 3.05) is 7.11 Å². The summed E-state index contributed by atoms with van der Waals surface area (Å²) in [7, 11) is 1.46. The van der Waals surface area contributed by atoms with Crippen molar-refractivity contribution in [3.05, 3.63) is 27.7 Å². The van der Waals surface area contributed by atoms with E-state index in [1.165, 1.54) is 39.2 Å². The molecule has 0 aromatic heterocycles. The highest BCUT2D eigenvalue weighted by molar-refractivity contribution is 9.10. The Morgan fingerprint density at radius 2 is 1.81 bits per heavy atom. The van der Waals surface area contributed by atoms with E-state index in [-0.39, 0.29) is 16.9 Å². The van der Waals surface area contributed by atoms with Crippen molar-refractivity contribution in [3.63, 3.8) is 0 Å². The number of hydrogen-bond acceptors (Lipinski definition) is 6. The van der Waals surface area contributed by atoms with Gasteiger partial charge < -0.3 is 19.3 Å². The first-order chi connectivity index (χ1) is 9.73. The number of cyclic esters (lactones) is 2. The van der Waals surface area contributed by atoms with Gasteiger partial charge in [-0.25, -0.2) is 9.59 Å². The largest absolute Gasteiger partial charge is 0.507 e. The zero-order valence-corrected chi connectivity index (χ0v) is 13.2. The number of methoxy groups -OCH3 is 1. The third kappa shape index (κ3) is 3.18. The molecule has 0 aliphatic carbocycles. The Balaban J connectivity index is 2.44. The van der Waals surface area contributed by atoms with Gasteiger partial charge in [0.15, 0.2) is 0 Å². The van der Waals surface area contributed by atoms with Crippen molar-refractivity contribution in [1.29, 1.82) is 0 Å². The molecule has 0 saturated carbocycles. The highest BCUT2D eigenvalue weighted by Crippen LogP contribution is 2.34. The Hall–Kier alpha value is -2.02. The van der Waals surface area contributed by atoms with E-state index in [0.717, 1.165) is 0 Å². The summed E-state index contributed by atoms with van der Waals surface area (Å²) in [6.07, 6.45) is 1.20. The Morgan fingerprint density at radius 1 is 1.24 bits per heavy atom. The van der Waals surface area contributed by atoms with Crippen LogP contribution in [0.15, 0.2) is 22.2 Å². The quantitative estimate of drug-likeness (QED) is 0.497. The van der Waals surface area contributed by atoms with Crippen molar-refractivity contribution >= 4 is 33.9 Å². The molecule has 0 radical (unpaired) electrons. The third-order valence-electron chi connectivity index (χ3n) is 2.72. The summed E-state index contributed by atoms with van der Waals surface area (Å²) in [5, 5.41) is 9.88. The fourth-order valence-corrected chi connectivity index (χ4v) is 2.26. The molecule has 21 heavy (non-hydrogen) atoms. The summed E-state index contributed by atoms with van der Waals surface area (Å²) in [5.41, 5.74) is -0.0624. The molecule has 0 amide bonds. The van der Waals surface area contributed by atoms with Crippen LogP contribution >= 0.6 is 15.9 Å². The fraction of sp³-hybridized carbons (Fsp3) is 0.286. The van der Waals surface area contributed by atoms with Gasteiger partial charge in [-0.1, -0.05) is 0 Å². The lowest BCUT2D eigenvalue weighted by Gasteiger charge is -2.29. The van der Waals surface area contributed by atoms with E-state index in [2.05, 4.69) is 15.9 Å². The van der Waals surface area contributed by atoms with E-state index < -0.39 is 17.7 Å². The Labute approximate surface area is 129 Å². The van der Waals surface area contributed by atoms with Crippen LogP contribution in [0.3, 0.4) is 0 Å². The smallest absolute Gasteiger partial charge is 0.348 e. The van der Waals surface area contributed by atoms with Crippen molar-refractivity contribution in [2.45, 2.75) is 19.6 Å². The number of benzene rings is 1. The first-order valence-electron chi connectivity index (χ1n) is 5.98. The van der Waals surface area contributed by atoms with Gasteiger partial charge in [0.05, 0.1) is 11.6 Å². The number of rotatable bonds is 2. The first kappa shape index (κ1) is 15.4. The molecule has 1 heterocycles. The zero-order chi connectivity index (χ0) is 15.8. The van der Waals surface area contributed by atoms with Crippen LogP contribution in [0.2, 0.25) is 0 Å². The van der Waals surface area contributed by atoms with Gasteiger partial charge in [0.25, 0.3) is 5.79 Å². The summed E-state index contributed by atoms with van der Waals surface area (Å²) < 4.78 is 15.6. The van der Waals surface area contributed by atoms with E-state index in [1.807, 2.05) is 0 Å². The highest BCUT2D eigenvalue weighted by Gasteiger charge is 2.39. The third-order valence-corrected chi connectivity index (χ3v) is 3.34. The topological polar surface area (TPSA) is 82.1 Å². The maximum absolute atomic E-state index is 11.8. The van der Waals surface area contributed by atoms with Crippen LogP contribution in [-0.2, 0) is 19.1 Å². The maximum atomic E-state index is 11.8. The van der Waals surface area contributed by atoms with Gasteiger partial charge >= 0.3 is 11.9 Å². The number of ether oxygens (including phenoxy) is 3. The van der Waals surface area contributed by atoms with Gasteiger partial charge in [-0.15, -0.1) is 0 Å². The van der Waals surface area contributed by atoms with E-state index in [4.69, 9.17) is 14.2 Å². The molecule has 1 fully saturated rings. The van der Waals surface area contributed by atoms with E-state index in [0.29, 0.717) is 10.2 Å². The van der Waals surface area contributed by atoms with Crippen molar-refractivity contribution < 1.29 is 28.9 Å². The van der Waals surface area contributed by atoms with Crippen LogP contribution in [0.5, 0.6) is 11.5 Å². The van der Waals surface area contributed by atoms with Crippen LogP contribution < -0.4 is 4.74 Å². The summed E-state index contributed by atoms with van der Waals surface area (Å²) in [4.78, 5) is 23.7. The predicted octanol–water partition coefficient (Wildman–Crippen LogP) is 2.38. The summed E-state index contributed by atoms with van der Waals surface area (Å²) in [6, 6.07) is 2.88. The average Bonchev–Trinajstić information content (AvgIpc) is 2.34. The van der Waals surface area contributed by atoms with Crippen LogP contribution in [0.4, 0.5) is 0 Å². The molecule has 6 nitrogen and oxygen atoms in total. The van der Waals surface area contributed by atoms with Crippen LogP contribution in [0.25, 0.3) is 6.08 Å². The van der Waals surface area contributed by atoms with Gasteiger partial charge in [0.2, 0.25) is 0 Å². The Bertz CT molecular complexity index is 625. The molecule has 0 unspecified atom stereocenters. The number of hydrogen-bond donors (Lipinski definition) is 1. The molecular formula is C14H13BrO6. The standard InChI is InChI=1S/C14H13BrO6/c1-14(2)20-12(17)8(13(18)21-14)4-7-5-11(19-3)9(15)6-10(7)16/h4-6,16H,1-3H3. The minimum atomic E-state index is -1.30. The first-order valence-corrected chi connectivity index (χ1v) is 6.77. The summed E-state index contributed by atoms with van der Waals surface area (Å²) >= 11 is 3.22. The normalized spacial score (nSPS) is 17.0. The van der Waals surface area contributed by atoms with Gasteiger partial charge in [-0.05, 0) is 34.1 Å². The number of halogens is 1. The minimum Gasteiger partial charge on any atom is -0.507 e. The average molecular weight is 357 g/mol. The molecule has 1 N–H and O–H groups in total. The van der Waals surface area contributed by atoms with Gasteiger partial charge in [-0.3, -0.25) is 0 Å². The fourth-order valence-electron chi connectivity index (χ4n) is 1.76. The molecule has 1 aliphatic heterocycles. The van der Waals surface area contributed by atoms with Crippen LogP contribution in [0.1, 0.15) is 19.4 Å². The van der Waals surface area contributed by atoms with Crippen molar-refractivity contribution in [3.8, 4) is 11.5 Å². The number of aromatic hydroxyl groups is 1. The molecule has 1 aromatic carbocycles. The molecular weight excluding hydrogens is 344 g/mol. The number of carbonyl (C=O) groups is 2. The van der Waals surface area contributed by atoms with E-state index >= 15 is 0 Å². The monoisotopic (exact) mass is 356 g/mol. The van der Waals surface area contributed by atoms with Crippen LogP contribution in [0, 0.1) is 0 Å². The number of esters is 2. The number of carbonyl (C=O) groups excluding carboxylic acids is 2. The molecule has 2 rings (SSSR count).